The molecule has 7 rings (SSSR count). The van der Waals surface area contributed by atoms with Gasteiger partial charge >= 0.3 is 0 Å². The van der Waals surface area contributed by atoms with Gasteiger partial charge in [0.05, 0.1) is 29.9 Å². The van der Waals surface area contributed by atoms with Crippen molar-refractivity contribution in [1.29, 1.82) is 0 Å². The second-order valence-electron chi connectivity index (χ2n) is 10.2. The van der Waals surface area contributed by atoms with Gasteiger partial charge in [0.15, 0.2) is 0 Å². The second-order valence-corrected chi connectivity index (χ2v) is 10.2. The number of halogens is 2. The monoisotopic (exact) mass is 516 g/mol. The molecule has 4 aromatic rings. The predicted octanol–water partition coefficient (Wildman–Crippen LogP) is 3.95. The van der Waals surface area contributed by atoms with E-state index in [1.165, 1.54) is 0 Å². The summed E-state index contributed by atoms with van der Waals surface area (Å²) in [5, 5.41) is 7.24. The van der Waals surface area contributed by atoms with E-state index < -0.39 is 23.8 Å². The lowest BCUT2D eigenvalue weighted by atomic mass is 9.95. The number of aryl methyl sites for hydroxylation is 1. The van der Waals surface area contributed by atoms with Crippen molar-refractivity contribution in [3.8, 4) is 0 Å². The summed E-state index contributed by atoms with van der Waals surface area (Å²) in [6.45, 7) is 1.79. The Bertz CT molecular complexity index is 1650. The van der Waals surface area contributed by atoms with Gasteiger partial charge in [-0.25, -0.2) is 8.78 Å². The lowest BCUT2D eigenvalue weighted by molar-refractivity contribution is -0.122. The molecule has 2 N–H and O–H groups in total. The Morgan fingerprint density at radius 3 is 2.03 bits per heavy atom. The first-order valence-corrected chi connectivity index (χ1v) is 12.9. The summed E-state index contributed by atoms with van der Waals surface area (Å²) in [7, 11) is 0. The molecule has 0 saturated heterocycles. The standard InChI is InChI=1S/C29H26F2N4O3/c30-29(31)13-24(29)32-14-17-9-10-34-15-20(18-5-1-3-7-22(18)34)25-26(28(37)33-27(25)36)21-16-35(11-12-38-17)23-8-4-2-6-19(21)23/h1-8,15-17,24,32H,9-14H2,(H,33,36,37). The third-order valence-corrected chi connectivity index (χ3v) is 7.84. The van der Waals surface area contributed by atoms with Gasteiger partial charge in [0.2, 0.25) is 0 Å². The van der Waals surface area contributed by atoms with Crippen molar-refractivity contribution in [3.05, 3.63) is 72.1 Å². The Kier molecular flexibility index (Phi) is 5.28. The summed E-state index contributed by atoms with van der Waals surface area (Å²) >= 11 is 0. The maximum absolute atomic E-state index is 13.5. The van der Waals surface area contributed by atoms with Crippen LogP contribution in [0.5, 0.6) is 0 Å². The Hall–Kier alpha value is -3.82. The highest BCUT2D eigenvalue weighted by Crippen LogP contribution is 2.42. The Labute approximate surface area is 217 Å². The molecule has 194 valence electrons. The molecule has 2 aromatic heterocycles. The van der Waals surface area contributed by atoms with E-state index in [1.807, 2.05) is 65.5 Å². The molecular formula is C29H26F2N4O3. The van der Waals surface area contributed by atoms with Gasteiger partial charge in [0.25, 0.3) is 17.7 Å². The summed E-state index contributed by atoms with van der Waals surface area (Å²) in [6, 6.07) is 14.8. The molecule has 0 radical (unpaired) electrons. The van der Waals surface area contributed by atoms with E-state index in [4.69, 9.17) is 4.74 Å². The number of aromatic nitrogens is 2. The zero-order valence-corrected chi connectivity index (χ0v) is 20.5. The van der Waals surface area contributed by atoms with E-state index in [2.05, 4.69) is 15.2 Å². The van der Waals surface area contributed by atoms with Crippen LogP contribution in [0.4, 0.5) is 8.78 Å². The first-order chi connectivity index (χ1) is 18.4. The minimum absolute atomic E-state index is 0.137. The van der Waals surface area contributed by atoms with Crippen molar-refractivity contribution < 1.29 is 23.1 Å². The molecule has 1 aliphatic carbocycles. The van der Waals surface area contributed by atoms with Crippen molar-refractivity contribution in [2.24, 2.45) is 0 Å². The first-order valence-electron chi connectivity index (χ1n) is 12.9. The van der Waals surface area contributed by atoms with Crippen molar-refractivity contribution in [1.82, 2.24) is 19.8 Å². The molecule has 2 amide bonds. The minimum Gasteiger partial charge on any atom is -0.375 e. The maximum Gasteiger partial charge on any atom is 0.265 e. The van der Waals surface area contributed by atoms with Crippen LogP contribution >= 0.6 is 0 Å². The molecular weight excluding hydrogens is 490 g/mol. The molecule has 7 nitrogen and oxygen atoms in total. The third-order valence-electron chi connectivity index (χ3n) is 7.84. The van der Waals surface area contributed by atoms with Crippen LogP contribution in [0.25, 0.3) is 33.0 Å². The molecule has 3 aliphatic rings. The minimum atomic E-state index is -2.64. The normalized spacial score (nSPS) is 23.0. The maximum atomic E-state index is 13.5. The number of carbonyl (C=O) groups excluding carboxylic acids is 2. The number of fused-ring (bicyclic) bond motifs is 12. The molecule has 38 heavy (non-hydrogen) atoms. The van der Waals surface area contributed by atoms with Gasteiger partial charge in [-0.15, -0.1) is 0 Å². The highest BCUT2D eigenvalue weighted by Gasteiger charge is 2.56. The largest absolute Gasteiger partial charge is 0.375 e. The van der Waals surface area contributed by atoms with Crippen molar-refractivity contribution in [2.45, 2.75) is 44.0 Å². The molecule has 2 aromatic carbocycles. The van der Waals surface area contributed by atoms with Gasteiger partial charge in [0, 0.05) is 71.4 Å². The average Bonchev–Trinajstić information content (AvgIpc) is 3.17. The number of imide groups is 1. The van der Waals surface area contributed by atoms with E-state index in [9.17, 15) is 18.4 Å². The van der Waals surface area contributed by atoms with Gasteiger partial charge in [-0.1, -0.05) is 36.4 Å². The summed E-state index contributed by atoms with van der Waals surface area (Å²) in [5.74, 6) is -3.46. The van der Waals surface area contributed by atoms with Gasteiger partial charge in [-0.3, -0.25) is 14.9 Å². The molecule has 4 bridgehead atoms. The van der Waals surface area contributed by atoms with Crippen LogP contribution in [-0.2, 0) is 27.4 Å². The van der Waals surface area contributed by atoms with Crippen LogP contribution in [0.3, 0.4) is 0 Å². The molecule has 2 unspecified atom stereocenters. The molecule has 9 heteroatoms. The van der Waals surface area contributed by atoms with Crippen LogP contribution < -0.4 is 10.6 Å². The lowest BCUT2D eigenvalue weighted by Crippen LogP contribution is -2.34. The SMILES string of the molecule is O=C1NC(=O)C2=C1c1cn(c3ccccc13)CCOC(CNC1CC1(F)F)CCn1cc2c2ccccc21. The van der Waals surface area contributed by atoms with Crippen molar-refractivity contribution in [2.75, 3.05) is 13.2 Å². The summed E-state index contributed by atoms with van der Waals surface area (Å²) in [6.07, 6.45) is 4.01. The fourth-order valence-electron chi connectivity index (χ4n) is 5.78. The third kappa shape index (κ3) is 3.76. The predicted molar refractivity (Wildman–Crippen MR) is 140 cm³/mol. The highest BCUT2D eigenvalue weighted by atomic mass is 19.3. The number of alkyl halides is 2. The van der Waals surface area contributed by atoms with Gasteiger partial charge < -0.3 is 19.2 Å². The number of hydrogen-bond acceptors (Lipinski definition) is 4. The number of carbonyl (C=O) groups is 2. The summed E-state index contributed by atoms with van der Waals surface area (Å²) in [5.41, 5.74) is 3.99. The van der Waals surface area contributed by atoms with Crippen LogP contribution in [-0.4, -0.2) is 52.2 Å². The van der Waals surface area contributed by atoms with E-state index in [0.717, 1.165) is 21.8 Å². The van der Waals surface area contributed by atoms with E-state index in [0.29, 0.717) is 54.9 Å². The molecule has 0 spiro atoms. The number of benzene rings is 2. The number of amides is 2. The van der Waals surface area contributed by atoms with Crippen molar-refractivity contribution >= 4 is 44.8 Å². The second kappa shape index (κ2) is 8.61. The number of nitrogens with one attached hydrogen (secondary N) is 2. The quantitative estimate of drug-likeness (QED) is 0.405. The number of ether oxygens (including phenoxy) is 1. The van der Waals surface area contributed by atoms with E-state index in [-0.39, 0.29) is 12.5 Å². The zero-order valence-electron chi connectivity index (χ0n) is 20.5. The number of nitrogens with zero attached hydrogens (tertiary/aromatic N) is 2. The average molecular weight is 517 g/mol. The highest BCUT2D eigenvalue weighted by molar-refractivity contribution is 6.50. The van der Waals surface area contributed by atoms with Gasteiger partial charge in [-0.2, -0.15) is 0 Å². The van der Waals surface area contributed by atoms with Gasteiger partial charge in [0.1, 0.15) is 0 Å². The molecule has 2 atom stereocenters. The van der Waals surface area contributed by atoms with E-state index >= 15 is 0 Å². The first kappa shape index (κ1) is 23.3. The smallest absolute Gasteiger partial charge is 0.265 e. The fraction of sp³-hybridized carbons (Fsp3) is 0.310. The topological polar surface area (TPSA) is 77.3 Å². The number of rotatable bonds is 3. The fourth-order valence-corrected chi connectivity index (χ4v) is 5.78. The summed E-state index contributed by atoms with van der Waals surface area (Å²) < 4.78 is 37.3. The number of hydrogen-bond donors (Lipinski definition) is 2. The van der Waals surface area contributed by atoms with E-state index in [1.54, 1.807) is 0 Å². The summed E-state index contributed by atoms with van der Waals surface area (Å²) in [4.78, 5) is 26.4. The van der Waals surface area contributed by atoms with Crippen LogP contribution in [0, 0.1) is 0 Å². The molecule has 1 fully saturated rings. The van der Waals surface area contributed by atoms with Crippen LogP contribution in [0.2, 0.25) is 0 Å². The Balaban J connectivity index is 1.38. The Morgan fingerprint density at radius 1 is 0.895 bits per heavy atom. The van der Waals surface area contributed by atoms with Gasteiger partial charge in [-0.05, 0) is 18.6 Å². The Morgan fingerprint density at radius 2 is 1.45 bits per heavy atom. The molecule has 4 heterocycles. The molecule has 2 aliphatic heterocycles. The molecule has 1 saturated carbocycles. The lowest BCUT2D eigenvalue weighted by Gasteiger charge is -2.20. The van der Waals surface area contributed by atoms with Crippen molar-refractivity contribution in [3.63, 3.8) is 0 Å². The van der Waals surface area contributed by atoms with Crippen LogP contribution in [0.1, 0.15) is 24.0 Å². The zero-order chi connectivity index (χ0) is 26.0. The van der Waals surface area contributed by atoms with Crippen LogP contribution in [0.15, 0.2) is 60.9 Å². The number of para-hydroxylation sites is 2.